The van der Waals surface area contributed by atoms with E-state index in [0.717, 1.165) is 6.42 Å². The maximum atomic E-state index is 9.84. The molecule has 0 aromatic rings. The number of unbranched alkanes of at least 4 members (excludes halogenated alkanes) is 3. The van der Waals surface area contributed by atoms with E-state index in [9.17, 15) is 5.11 Å². The van der Waals surface area contributed by atoms with E-state index < -0.39 is 0 Å². The van der Waals surface area contributed by atoms with Gasteiger partial charge in [0.2, 0.25) is 0 Å². The molecule has 0 aliphatic heterocycles. The highest BCUT2D eigenvalue weighted by atomic mass is 16.5. The first-order chi connectivity index (χ1) is 4.91. The molecule has 60 valence electrons. The SMILES string of the molecule is CCCCCCO[CH]C[O]. The highest BCUT2D eigenvalue weighted by Gasteiger charge is 1.88. The van der Waals surface area contributed by atoms with Gasteiger partial charge in [0.25, 0.3) is 0 Å². The summed E-state index contributed by atoms with van der Waals surface area (Å²) in [5.41, 5.74) is 0. The van der Waals surface area contributed by atoms with Crippen molar-refractivity contribution in [2.24, 2.45) is 0 Å². The van der Waals surface area contributed by atoms with Gasteiger partial charge in [0.1, 0.15) is 13.2 Å². The molecular weight excluding hydrogens is 128 g/mol. The fourth-order valence-corrected chi connectivity index (χ4v) is 0.744. The van der Waals surface area contributed by atoms with Gasteiger partial charge in [-0.3, -0.25) is 0 Å². The quantitative estimate of drug-likeness (QED) is 0.503. The standard InChI is InChI=1S/C8H16O2/c1-2-3-4-5-7-10-8-6-9/h8H,2-7H2,1H3. The molecule has 0 saturated heterocycles. The van der Waals surface area contributed by atoms with Gasteiger partial charge in [-0.1, -0.05) is 26.2 Å². The summed E-state index contributed by atoms with van der Waals surface area (Å²) in [5, 5.41) is 9.84. The first kappa shape index (κ1) is 9.92. The topological polar surface area (TPSA) is 29.1 Å². The van der Waals surface area contributed by atoms with Crippen LogP contribution in [0.1, 0.15) is 32.6 Å². The molecule has 0 rings (SSSR count). The minimum Gasteiger partial charge on any atom is -0.373 e. The molecule has 0 aliphatic carbocycles. The van der Waals surface area contributed by atoms with Crippen LogP contribution in [-0.2, 0) is 9.84 Å². The molecule has 0 N–H and O–H groups in total. The van der Waals surface area contributed by atoms with Crippen LogP contribution < -0.4 is 0 Å². The Balaban J connectivity index is 2.65. The molecule has 0 atom stereocenters. The van der Waals surface area contributed by atoms with Crippen molar-refractivity contribution in [1.82, 2.24) is 0 Å². The molecule has 0 fully saturated rings. The second kappa shape index (κ2) is 8.92. The summed E-state index contributed by atoms with van der Waals surface area (Å²) in [6, 6.07) is 0. The molecule has 0 amide bonds. The molecule has 0 aliphatic rings. The molecule has 10 heavy (non-hydrogen) atoms. The van der Waals surface area contributed by atoms with Gasteiger partial charge in [-0.15, -0.1) is 0 Å². The Kier molecular flexibility index (Phi) is 8.85. The van der Waals surface area contributed by atoms with Gasteiger partial charge >= 0.3 is 0 Å². The lowest BCUT2D eigenvalue weighted by Crippen LogP contribution is -1.93. The molecular formula is C8H16O2. The second-order valence-electron chi connectivity index (χ2n) is 2.26. The van der Waals surface area contributed by atoms with Crippen molar-refractivity contribution >= 4 is 0 Å². The number of hydrogen-bond donors (Lipinski definition) is 0. The zero-order valence-corrected chi connectivity index (χ0v) is 6.64. The Morgan fingerprint density at radius 3 is 2.70 bits per heavy atom. The van der Waals surface area contributed by atoms with Gasteiger partial charge in [0.15, 0.2) is 0 Å². The molecule has 2 heteroatoms. The molecule has 2 radical (unpaired) electrons. The Bertz CT molecular complexity index is 47.2. The lowest BCUT2D eigenvalue weighted by molar-refractivity contribution is 0.113. The van der Waals surface area contributed by atoms with Crippen LogP contribution in [0.25, 0.3) is 0 Å². The largest absolute Gasteiger partial charge is 0.373 e. The molecule has 0 bridgehead atoms. The first-order valence-electron chi connectivity index (χ1n) is 3.93. The third kappa shape index (κ3) is 7.92. The van der Waals surface area contributed by atoms with E-state index in [1.807, 2.05) is 0 Å². The molecule has 0 saturated carbocycles. The van der Waals surface area contributed by atoms with Crippen LogP contribution >= 0.6 is 0 Å². The predicted octanol–water partition coefficient (Wildman–Crippen LogP) is 2.18. The highest BCUT2D eigenvalue weighted by Crippen LogP contribution is 1.98. The fraction of sp³-hybridized carbons (Fsp3) is 0.875. The van der Waals surface area contributed by atoms with E-state index in [2.05, 4.69) is 6.92 Å². The normalized spacial score (nSPS) is 10.2. The van der Waals surface area contributed by atoms with Crippen molar-refractivity contribution in [2.45, 2.75) is 32.6 Å². The van der Waals surface area contributed by atoms with Crippen molar-refractivity contribution in [3.05, 3.63) is 6.61 Å². The minimum atomic E-state index is -0.228. The monoisotopic (exact) mass is 144 g/mol. The van der Waals surface area contributed by atoms with Crippen LogP contribution in [0, 0.1) is 6.61 Å². The van der Waals surface area contributed by atoms with Gasteiger partial charge < -0.3 is 4.74 Å². The van der Waals surface area contributed by atoms with Gasteiger partial charge in [0, 0.05) is 6.61 Å². The van der Waals surface area contributed by atoms with Crippen LogP contribution in [0.5, 0.6) is 0 Å². The summed E-state index contributed by atoms with van der Waals surface area (Å²) in [6.07, 6.45) is 4.79. The van der Waals surface area contributed by atoms with Crippen LogP contribution in [0.3, 0.4) is 0 Å². The van der Waals surface area contributed by atoms with Gasteiger partial charge in [-0.25, -0.2) is 5.11 Å². The van der Waals surface area contributed by atoms with Crippen molar-refractivity contribution in [3.63, 3.8) is 0 Å². The smallest absolute Gasteiger partial charge is 0.112 e. The molecule has 0 spiro atoms. The number of rotatable bonds is 7. The van der Waals surface area contributed by atoms with Gasteiger partial charge in [0.05, 0.1) is 0 Å². The van der Waals surface area contributed by atoms with Crippen LogP contribution in [0.4, 0.5) is 0 Å². The highest BCUT2D eigenvalue weighted by molar-refractivity contribution is 4.45. The van der Waals surface area contributed by atoms with E-state index in [-0.39, 0.29) is 6.61 Å². The lowest BCUT2D eigenvalue weighted by Gasteiger charge is -1.98. The number of hydrogen-bond acceptors (Lipinski definition) is 1. The zero-order valence-electron chi connectivity index (χ0n) is 6.64. The van der Waals surface area contributed by atoms with Gasteiger partial charge in [-0.05, 0) is 6.42 Å². The number of ether oxygens (including phenoxy) is 1. The second-order valence-corrected chi connectivity index (χ2v) is 2.26. The molecule has 0 heterocycles. The summed E-state index contributed by atoms with van der Waals surface area (Å²) in [4.78, 5) is 0. The molecule has 0 aromatic carbocycles. The van der Waals surface area contributed by atoms with E-state index in [1.165, 1.54) is 25.9 Å². The maximum absolute atomic E-state index is 9.84. The summed E-state index contributed by atoms with van der Waals surface area (Å²) >= 11 is 0. The van der Waals surface area contributed by atoms with Gasteiger partial charge in [-0.2, -0.15) is 0 Å². The zero-order chi connectivity index (χ0) is 7.66. The summed E-state index contributed by atoms with van der Waals surface area (Å²) < 4.78 is 4.89. The van der Waals surface area contributed by atoms with Crippen molar-refractivity contribution < 1.29 is 9.84 Å². The summed E-state index contributed by atoms with van der Waals surface area (Å²) in [5.74, 6) is 0. The first-order valence-corrected chi connectivity index (χ1v) is 3.93. The van der Waals surface area contributed by atoms with Crippen molar-refractivity contribution in [2.75, 3.05) is 13.2 Å². The van der Waals surface area contributed by atoms with Crippen molar-refractivity contribution in [3.8, 4) is 0 Å². The summed E-state index contributed by atoms with van der Waals surface area (Å²) in [7, 11) is 0. The third-order valence-corrected chi connectivity index (χ3v) is 1.30. The van der Waals surface area contributed by atoms with Crippen LogP contribution in [-0.4, -0.2) is 13.2 Å². The Hall–Kier alpha value is -0.0800. The Morgan fingerprint density at radius 2 is 2.10 bits per heavy atom. The predicted molar refractivity (Wildman–Crippen MR) is 39.9 cm³/mol. The Morgan fingerprint density at radius 1 is 1.30 bits per heavy atom. The molecule has 0 aromatic heterocycles. The molecule has 2 nitrogen and oxygen atoms in total. The van der Waals surface area contributed by atoms with E-state index >= 15 is 0 Å². The van der Waals surface area contributed by atoms with Crippen molar-refractivity contribution in [1.29, 1.82) is 0 Å². The van der Waals surface area contributed by atoms with E-state index in [0.29, 0.717) is 6.61 Å². The summed E-state index contributed by atoms with van der Waals surface area (Å²) in [6.45, 7) is 3.98. The minimum absolute atomic E-state index is 0.228. The van der Waals surface area contributed by atoms with Crippen LogP contribution in [0.2, 0.25) is 0 Å². The lowest BCUT2D eigenvalue weighted by atomic mass is 10.2. The Labute approximate surface area is 63.2 Å². The average molecular weight is 144 g/mol. The van der Waals surface area contributed by atoms with E-state index in [4.69, 9.17) is 4.74 Å². The fourth-order valence-electron chi connectivity index (χ4n) is 0.744. The maximum Gasteiger partial charge on any atom is 0.112 e. The third-order valence-electron chi connectivity index (χ3n) is 1.30. The molecule has 0 unspecified atom stereocenters. The van der Waals surface area contributed by atoms with E-state index in [1.54, 1.807) is 0 Å². The average Bonchev–Trinajstić information content (AvgIpc) is 1.97. The van der Waals surface area contributed by atoms with Crippen LogP contribution in [0.15, 0.2) is 0 Å².